The number of rotatable bonds is 4. The number of methoxy groups -OCH3 is 1. The predicted molar refractivity (Wildman–Crippen MR) is 78.7 cm³/mol. The van der Waals surface area contributed by atoms with Gasteiger partial charge in [0.2, 0.25) is 0 Å². The van der Waals surface area contributed by atoms with Gasteiger partial charge in [0.1, 0.15) is 11.0 Å². The fraction of sp³-hybridized carbons (Fsp3) is 0.357. The number of carbonyl (C=O) groups excluding carboxylic acids is 1. The summed E-state index contributed by atoms with van der Waals surface area (Å²) in [5, 5.41) is 3.14. The Labute approximate surface area is 126 Å². The van der Waals surface area contributed by atoms with Crippen LogP contribution in [0.25, 0.3) is 11.4 Å². The number of aromatic nitrogens is 2. The molecule has 0 atom stereocenters. The Kier molecular flexibility index (Phi) is 3.85. The second-order valence-corrected chi connectivity index (χ2v) is 5.97. The van der Waals surface area contributed by atoms with Crippen molar-refractivity contribution in [2.75, 3.05) is 20.2 Å². The number of nitrogens with one attached hydrogen (secondary N) is 1. The van der Waals surface area contributed by atoms with Gasteiger partial charge in [-0.05, 0) is 13.0 Å². The molecule has 6 nitrogen and oxygen atoms in total. The Balaban J connectivity index is 1.79. The molecule has 0 spiro atoms. The first kappa shape index (κ1) is 14.0. The molecule has 2 aromatic heterocycles. The molecule has 1 N–H and O–H groups in total. The summed E-state index contributed by atoms with van der Waals surface area (Å²) in [6.07, 6.45) is 3.53. The van der Waals surface area contributed by atoms with Gasteiger partial charge in [0.15, 0.2) is 11.6 Å². The Hall–Kier alpha value is -1.99. The molecule has 3 heterocycles. The van der Waals surface area contributed by atoms with Crippen molar-refractivity contribution < 1.29 is 14.3 Å². The highest BCUT2D eigenvalue weighted by Crippen LogP contribution is 2.29. The van der Waals surface area contributed by atoms with Crippen molar-refractivity contribution in [2.45, 2.75) is 13.0 Å². The molecule has 0 saturated carbocycles. The number of esters is 1. The Bertz CT molecular complexity index is 650. The molecule has 21 heavy (non-hydrogen) atoms. The van der Waals surface area contributed by atoms with E-state index in [4.69, 9.17) is 9.47 Å². The fourth-order valence-corrected chi connectivity index (χ4v) is 2.89. The number of nitrogens with zero attached hydrogens (tertiary/aromatic N) is 2. The lowest BCUT2D eigenvalue weighted by atomic mass is 10.2. The van der Waals surface area contributed by atoms with Crippen LogP contribution in [0.2, 0.25) is 0 Å². The van der Waals surface area contributed by atoms with Crippen LogP contribution >= 0.6 is 11.3 Å². The maximum absolute atomic E-state index is 11.5. The van der Waals surface area contributed by atoms with E-state index in [1.54, 1.807) is 18.5 Å². The normalized spacial score (nSPS) is 14.6. The maximum atomic E-state index is 11.5. The van der Waals surface area contributed by atoms with Crippen molar-refractivity contribution in [2.24, 2.45) is 0 Å². The molecule has 0 bridgehead atoms. The van der Waals surface area contributed by atoms with Crippen LogP contribution in [0.5, 0.6) is 5.75 Å². The minimum atomic E-state index is -0.341. The molecule has 0 unspecified atom stereocenters. The first-order valence-electron chi connectivity index (χ1n) is 6.56. The van der Waals surface area contributed by atoms with E-state index in [0.29, 0.717) is 16.5 Å². The third-order valence-corrected chi connectivity index (χ3v) is 4.25. The van der Waals surface area contributed by atoms with E-state index in [9.17, 15) is 4.79 Å². The van der Waals surface area contributed by atoms with E-state index in [-0.39, 0.29) is 12.1 Å². The Morgan fingerprint density at radius 2 is 2.10 bits per heavy atom. The zero-order valence-corrected chi connectivity index (χ0v) is 12.6. The maximum Gasteiger partial charge on any atom is 0.348 e. The van der Waals surface area contributed by atoms with Gasteiger partial charge in [-0.25, -0.2) is 14.8 Å². The van der Waals surface area contributed by atoms with Crippen LogP contribution in [0.1, 0.15) is 14.5 Å². The summed E-state index contributed by atoms with van der Waals surface area (Å²) in [6, 6.07) is 1.76. The van der Waals surface area contributed by atoms with Crippen LogP contribution < -0.4 is 10.1 Å². The largest absolute Gasteiger partial charge is 0.485 e. The van der Waals surface area contributed by atoms with Crippen molar-refractivity contribution in [1.82, 2.24) is 15.3 Å². The van der Waals surface area contributed by atoms with Gasteiger partial charge in [-0.15, -0.1) is 11.3 Å². The molecule has 1 saturated heterocycles. The molecule has 1 aliphatic rings. The van der Waals surface area contributed by atoms with Crippen molar-refractivity contribution in [3.8, 4) is 17.1 Å². The molecule has 0 amide bonds. The first-order valence-corrected chi connectivity index (χ1v) is 7.37. The smallest absolute Gasteiger partial charge is 0.348 e. The van der Waals surface area contributed by atoms with Gasteiger partial charge < -0.3 is 14.8 Å². The third kappa shape index (κ3) is 2.88. The molecule has 110 valence electrons. The summed E-state index contributed by atoms with van der Waals surface area (Å²) in [5.74, 6) is 0.899. The lowest BCUT2D eigenvalue weighted by molar-refractivity contribution is 0.0606. The second-order valence-electron chi connectivity index (χ2n) is 4.71. The number of hydrogen-bond donors (Lipinski definition) is 1. The van der Waals surface area contributed by atoms with Crippen molar-refractivity contribution in [3.63, 3.8) is 0 Å². The standard InChI is InChI=1S/C14H15N3O3S/c1-8-11(3-12(21-8)14(18)19-2)13-16-6-10(7-17-13)20-9-4-15-5-9/h3,6-7,9,15H,4-5H2,1-2H3. The highest BCUT2D eigenvalue weighted by atomic mass is 32.1. The first-order chi connectivity index (χ1) is 10.2. The van der Waals surface area contributed by atoms with Crippen LogP contribution in [0.4, 0.5) is 0 Å². The molecule has 3 rings (SSSR count). The number of ether oxygens (including phenoxy) is 2. The number of hydrogen-bond acceptors (Lipinski definition) is 7. The molecule has 1 aliphatic heterocycles. The van der Waals surface area contributed by atoms with Crippen molar-refractivity contribution in [1.29, 1.82) is 0 Å². The minimum Gasteiger partial charge on any atom is -0.485 e. The van der Waals surface area contributed by atoms with Gasteiger partial charge in [-0.3, -0.25) is 0 Å². The zero-order valence-electron chi connectivity index (χ0n) is 11.8. The quantitative estimate of drug-likeness (QED) is 0.866. The summed E-state index contributed by atoms with van der Waals surface area (Å²) in [6.45, 7) is 3.64. The molecule has 0 aliphatic carbocycles. The summed E-state index contributed by atoms with van der Waals surface area (Å²) in [5.41, 5.74) is 0.845. The lowest BCUT2D eigenvalue weighted by Crippen LogP contribution is -2.50. The van der Waals surface area contributed by atoms with E-state index in [2.05, 4.69) is 15.3 Å². The Morgan fingerprint density at radius 3 is 2.67 bits per heavy atom. The number of aryl methyl sites for hydroxylation is 1. The highest BCUT2D eigenvalue weighted by molar-refractivity contribution is 7.14. The minimum absolute atomic E-state index is 0.202. The molecular formula is C14H15N3O3S. The molecule has 7 heteroatoms. The molecule has 0 radical (unpaired) electrons. The average Bonchev–Trinajstić information content (AvgIpc) is 2.85. The molecule has 2 aromatic rings. The molecular weight excluding hydrogens is 290 g/mol. The van der Waals surface area contributed by atoms with Gasteiger partial charge in [0, 0.05) is 23.5 Å². The highest BCUT2D eigenvalue weighted by Gasteiger charge is 2.19. The van der Waals surface area contributed by atoms with Crippen LogP contribution in [0.3, 0.4) is 0 Å². The van der Waals surface area contributed by atoms with Crippen molar-refractivity contribution >= 4 is 17.3 Å². The number of carbonyl (C=O) groups is 1. The van der Waals surface area contributed by atoms with Crippen LogP contribution in [0, 0.1) is 6.92 Å². The summed E-state index contributed by atoms with van der Waals surface area (Å²) >= 11 is 1.38. The van der Waals surface area contributed by atoms with E-state index in [0.717, 1.165) is 23.5 Å². The van der Waals surface area contributed by atoms with E-state index < -0.39 is 0 Å². The van der Waals surface area contributed by atoms with Gasteiger partial charge in [0.25, 0.3) is 0 Å². The SMILES string of the molecule is COC(=O)c1cc(-c2ncc(OC3CNC3)cn2)c(C)s1. The zero-order chi connectivity index (χ0) is 14.8. The second kappa shape index (κ2) is 5.79. The van der Waals surface area contributed by atoms with Gasteiger partial charge >= 0.3 is 5.97 Å². The summed E-state index contributed by atoms with van der Waals surface area (Å²) in [7, 11) is 1.37. The van der Waals surface area contributed by atoms with Crippen molar-refractivity contribution in [3.05, 3.63) is 28.2 Å². The molecule has 1 fully saturated rings. The Morgan fingerprint density at radius 1 is 1.38 bits per heavy atom. The van der Waals surface area contributed by atoms with Gasteiger partial charge in [-0.2, -0.15) is 0 Å². The monoisotopic (exact) mass is 305 g/mol. The van der Waals surface area contributed by atoms with Crippen LogP contribution in [0.15, 0.2) is 18.5 Å². The van der Waals surface area contributed by atoms with Gasteiger partial charge in [-0.1, -0.05) is 0 Å². The molecule has 0 aromatic carbocycles. The third-order valence-electron chi connectivity index (χ3n) is 3.22. The topological polar surface area (TPSA) is 73.3 Å². The van der Waals surface area contributed by atoms with Gasteiger partial charge in [0.05, 0.1) is 19.5 Å². The van der Waals surface area contributed by atoms with E-state index in [1.165, 1.54) is 18.4 Å². The predicted octanol–water partition coefficient (Wildman–Crippen LogP) is 1.65. The van der Waals surface area contributed by atoms with E-state index >= 15 is 0 Å². The summed E-state index contributed by atoms with van der Waals surface area (Å²) in [4.78, 5) is 21.7. The summed E-state index contributed by atoms with van der Waals surface area (Å²) < 4.78 is 10.4. The average molecular weight is 305 g/mol. The fourth-order valence-electron chi connectivity index (χ4n) is 1.96. The van der Waals surface area contributed by atoms with E-state index in [1.807, 2.05) is 6.92 Å². The van der Waals surface area contributed by atoms with Crippen LogP contribution in [-0.4, -0.2) is 42.2 Å². The lowest BCUT2D eigenvalue weighted by Gasteiger charge is -2.27. The number of thiophene rings is 1. The van der Waals surface area contributed by atoms with Crippen LogP contribution in [-0.2, 0) is 4.74 Å².